The van der Waals surface area contributed by atoms with E-state index in [0.29, 0.717) is 0 Å². The first-order chi connectivity index (χ1) is 4.20. The summed E-state index contributed by atoms with van der Waals surface area (Å²) in [4.78, 5) is 3.96. The molecule has 0 saturated heterocycles. The molecular weight excluding hydrogens is 112 g/mol. The Hall–Kier alpha value is -0.790. The fourth-order valence-electron chi connectivity index (χ4n) is 0.431. The molecule has 2 heteroatoms. The summed E-state index contributed by atoms with van der Waals surface area (Å²) in [7, 11) is 3.55. The Bertz CT molecular complexity index is 134. The van der Waals surface area contributed by atoms with Crippen molar-refractivity contribution in [2.24, 2.45) is 4.99 Å². The number of rotatable bonds is 2. The van der Waals surface area contributed by atoms with Crippen LogP contribution in [0.25, 0.3) is 5.32 Å². The quantitative estimate of drug-likeness (QED) is 0.504. The van der Waals surface area contributed by atoms with E-state index in [1.54, 1.807) is 14.1 Å². The molecule has 0 saturated carbocycles. The van der Waals surface area contributed by atoms with Gasteiger partial charge >= 0.3 is 0 Å². The third kappa shape index (κ3) is 3.76. The molecule has 0 unspecified atom stereocenters. The van der Waals surface area contributed by atoms with Crippen molar-refractivity contribution in [3.8, 4) is 0 Å². The van der Waals surface area contributed by atoms with E-state index in [1.807, 2.05) is 19.9 Å². The van der Waals surface area contributed by atoms with E-state index in [1.165, 1.54) is 0 Å². The van der Waals surface area contributed by atoms with E-state index in [0.717, 1.165) is 11.4 Å². The van der Waals surface area contributed by atoms with Gasteiger partial charge in [-0.2, -0.15) is 5.70 Å². The molecular formula is C7H13N2-. The van der Waals surface area contributed by atoms with Crippen LogP contribution in [-0.4, -0.2) is 19.8 Å². The maximum atomic E-state index is 3.96. The summed E-state index contributed by atoms with van der Waals surface area (Å²) in [5.41, 5.74) is 2.02. The van der Waals surface area contributed by atoms with Crippen molar-refractivity contribution in [1.82, 2.24) is 0 Å². The molecule has 0 heterocycles. The van der Waals surface area contributed by atoms with E-state index in [2.05, 4.69) is 10.3 Å². The van der Waals surface area contributed by atoms with Gasteiger partial charge in [0.15, 0.2) is 0 Å². The smallest absolute Gasteiger partial charge is 0.0298 e. The van der Waals surface area contributed by atoms with E-state index in [9.17, 15) is 0 Å². The van der Waals surface area contributed by atoms with Gasteiger partial charge in [-0.15, -0.1) is 7.05 Å². The Kier molecular flexibility index (Phi) is 3.76. The Morgan fingerprint density at radius 2 is 2.00 bits per heavy atom. The number of hydrogen-bond acceptors (Lipinski definition) is 1. The minimum absolute atomic E-state index is 1.01. The summed E-state index contributed by atoms with van der Waals surface area (Å²) < 4.78 is 0. The Morgan fingerprint density at radius 3 is 2.33 bits per heavy atom. The van der Waals surface area contributed by atoms with Crippen molar-refractivity contribution in [1.29, 1.82) is 0 Å². The molecule has 0 aliphatic heterocycles. The number of nitrogens with zero attached hydrogens (tertiary/aromatic N) is 2. The Balaban J connectivity index is 3.95. The zero-order valence-corrected chi connectivity index (χ0v) is 6.47. The van der Waals surface area contributed by atoms with Crippen LogP contribution < -0.4 is 0 Å². The van der Waals surface area contributed by atoms with Crippen molar-refractivity contribution in [3.05, 3.63) is 17.1 Å². The highest BCUT2D eigenvalue weighted by Crippen LogP contribution is 1.98. The Labute approximate surface area is 56.7 Å². The standard InChI is InChI=1S/C7H13N2/c1-6(8-3)5-7(2)9-4/h5H,1-4H3/q-1/b6-5-,9-7?. The molecule has 0 rings (SSSR count). The average Bonchev–Trinajstić information content (AvgIpc) is 1.87. The fourth-order valence-corrected chi connectivity index (χ4v) is 0.431. The summed E-state index contributed by atoms with van der Waals surface area (Å²) in [5.74, 6) is 0. The lowest BCUT2D eigenvalue weighted by molar-refractivity contribution is 1.39. The first-order valence-corrected chi connectivity index (χ1v) is 2.92. The molecule has 0 fully saturated rings. The maximum absolute atomic E-state index is 3.96. The lowest BCUT2D eigenvalue weighted by Crippen LogP contribution is -1.84. The zero-order chi connectivity index (χ0) is 7.28. The van der Waals surface area contributed by atoms with Crippen LogP contribution in [-0.2, 0) is 0 Å². The van der Waals surface area contributed by atoms with Crippen LogP contribution in [0.15, 0.2) is 16.8 Å². The molecule has 0 aromatic rings. The van der Waals surface area contributed by atoms with Crippen molar-refractivity contribution in [2.45, 2.75) is 13.8 Å². The number of aliphatic imine (C=N–C) groups is 1. The van der Waals surface area contributed by atoms with E-state index in [-0.39, 0.29) is 0 Å². The second-order valence-corrected chi connectivity index (χ2v) is 1.87. The molecule has 0 radical (unpaired) electrons. The summed E-state index contributed by atoms with van der Waals surface area (Å²) >= 11 is 0. The molecule has 2 nitrogen and oxygen atoms in total. The first kappa shape index (κ1) is 8.21. The molecule has 0 N–H and O–H groups in total. The second-order valence-electron chi connectivity index (χ2n) is 1.87. The summed E-state index contributed by atoms with van der Waals surface area (Å²) in [5, 5.41) is 3.96. The largest absolute Gasteiger partial charge is 0.691 e. The van der Waals surface area contributed by atoms with Gasteiger partial charge in [0, 0.05) is 12.8 Å². The summed E-state index contributed by atoms with van der Waals surface area (Å²) in [6, 6.07) is 0. The van der Waals surface area contributed by atoms with Gasteiger partial charge in [-0.1, -0.05) is 13.0 Å². The van der Waals surface area contributed by atoms with Gasteiger partial charge in [-0.05, 0) is 6.92 Å². The van der Waals surface area contributed by atoms with Crippen molar-refractivity contribution in [2.75, 3.05) is 14.1 Å². The van der Waals surface area contributed by atoms with E-state index < -0.39 is 0 Å². The lowest BCUT2D eigenvalue weighted by atomic mass is 10.3. The summed E-state index contributed by atoms with van der Waals surface area (Å²) in [6.45, 7) is 3.91. The van der Waals surface area contributed by atoms with E-state index >= 15 is 0 Å². The molecule has 0 spiro atoms. The monoisotopic (exact) mass is 125 g/mol. The van der Waals surface area contributed by atoms with Crippen LogP contribution in [0.1, 0.15) is 13.8 Å². The van der Waals surface area contributed by atoms with Crippen LogP contribution in [0.2, 0.25) is 0 Å². The van der Waals surface area contributed by atoms with Gasteiger partial charge in [0.25, 0.3) is 0 Å². The molecule has 52 valence electrons. The summed E-state index contributed by atoms with van der Waals surface area (Å²) in [6.07, 6.45) is 1.94. The molecule has 0 aliphatic rings. The number of hydrogen-bond donors (Lipinski definition) is 0. The third-order valence-electron chi connectivity index (χ3n) is 1.12. The average molecular weight is 125 g/mol. The van der Waals surface area contributed by atoms with Crippen LogP contribution in [0.4, 0.5) is 0 Å². The van der Waals surface area contributed by atoms with Gasteiger partial charge < -0.3 is 5.32 Å². The lowest BCUT2D eigenvalue weighted by Gasteiger charge is -2.12. The topological polar surface area (TPSA) is 26.5 Å². The first-order valence-electron chi connectivity index (χ1n) is 2.92. The van der Waals surface area contributed by atoms with Gasteiger partial charge in [-0.3, -0.25) is 4.99 Å². The fraction of sp³-hybridized carbons (Fsp3) is 0.571. The predicted molar refractivity (Wildman–Crippen MR) is 42.1 cm³/mol. The third-order valence-corrected chi connectivity index (χ3v) is 1.12. The zero-order valence-electron chi connectivity index (χ0n) is 6.47. The minimum Gasteiger partial charge on any atom is -0.691 e. The maximum Gasteiger partial charge on any atom is 0.0298 e. The SMILES string of the molecule is CN=C(C)/C=C(/C)[N-]C. The van der Waals surface area contributed by atoms with Crippen molar-refractivity contribution in [3.63, 3.8) is 0 Å². The molecule has 0 bridgehead atoms. The van der Waals surface area contributed by atoms with E-state index in [4.69, 9.17) is 0 Å². The normalized spacial score (nSPS) is 13.8. The van der Waals surface area contributed by atoms with Crippen LogP contribution in [0.5, 0.6) is 0 Å². The second kappa shape index (κ2) is 4.13. The molecule has 0 aromatic carbocycles. The minimum atomic E-state index is 1.01. The molecule has 0 amide bonds. The van der Waals surface area contributed by atoms with Crippen LogP contribution >= 0.6 is 0 Å². The van der Waals surface area contributed by atoms with Crippen LogP contribution in [0.3, 0.4) is 0 Å². The van der Waals surface area contributed by atoms with Crippen molar-refractivity contribution < 1.29 is 0 Å². The molecule has 9 heavy (non-hydrogen) atoms. The molecule has 0 atom stereocenters. The molecule has 0 aromatic heterocycles. The highest BCUT2D eigenvalue weighted by atomic mass is 14.8. The number of allylic oxidation sites excluding steroid dienone is 2. The van der Waals surface area contributed by atoms with Gasteiger partial charge in [0.05, 0.1) is 0 Å². The van der Waals surface area contributed by atoms with Gasteiger partial charge in [0.1, 0.15) is 0 Å². The predicted octanol–water partition coefficient (Wildman–Crippen LogP) is 1.98. The Morgan fingerprint density at radius 1 is 1.44 bits per heavy atom. The van der Waals surface area contributed by atoms with Gasteiger partial charge in [-0.25, -0.2) is 0 Å². The van der Waals surface area contributed by atoms with Crippen LogP contribution in [0, 0.1) is 0 Å². The highest BCUT2D eigenvalue weighted by molar-refractivity contribution is 5.93. The molecule has 0 aliphatic carbocycles. The van der Waals surface area contributed by atoms with Gasteiger partial charge in [0.2, 0.25) is 0 Å². The highest BCUT2D eigenvalue weighted by Gasteiger charge is 1.76. The van der Waals surface area contributed by atoms with Crippen molar-refractivity contribution >= 4 is 5.71 Å².